The molecule has 1 atom stereocenters. The molecule has 5 aromatic rings. The largest absolute Gasteiger partial charge is 0.503 e. The lowest BCUT2D eigenvalue weighted by molar-refractivity contribution is 0.0818. The molecule has 4 amide bonds. The van der Waals surface area contributed by atoms with Crippen LogP contribution >= 0.6 is 0 Å². The number of aryl methyl sites for hydroxylation is 1. The lowest BCUT2D eigenvalue weighted by atomic mass is 9.87. The number of nitrogens with two attached hydrogens (primary N) is 1. The lowest BCUT2D eigenvalue weighted by Crippen LogP contribution is -2.34. The number of aromatic amines is 3. The number of fused-ring (bicyclic) bond motifs is 9. The number of benzene rings is 2. The Morgan fingerprint density at radius 2 is 1.42 bits per heavy atom. The number of primary amides is 1. The first-order valence-electron chi connectivity index (χ1n) is 17.0. The number of anilines is 2. The predicted octanol–water partition coefficient (Wildman–Crippen LogP) is 4.37. The van der Waals surface area contributed by atoms with Crippen molar-refractivity contribution < 1.29 is 38.5 Å². The minimum Gasteiger partial charge on any atom is -0.503 e. The van der Waals surface area contributed by atoms with Crippen LogP contribution in [0.15, 0.2) is 30.1 Å². The van der Waals surface area contributed by atoms with Crippen molar-refractivity contribution in [2.45, 2.75) is 32.1 Å². The molecule has 4 aliphatic rings. The van der Waals surface area contributed by atoms with Gasteiger partial charge in [0.15, 0.2) is 23.0 Å². The topological polar surface area (TPSA) is 199 Å². The van der Waals surface area contributed by atoms with Crippen LogP contribution in [-0.2, 0) is 12.8 Å². The fraction of sp³-hybridized carbons (Fsp3) is 0.297. The van der Waals surface area contributed by atoms with Gasteiger partial charge in [-0.2, -0.15) is 0 Å². The second-order valence-corrected chi connectivity index (χ2v) is 13.5. The molecular weight excluding hydrogens is 670 g/mol. The number of methoxy groups -OCH3 is 3. The molecule has 1 fully saturated rings. The zero-order chi connectivity index (χ0) is 36.3. The van der Waals surface area contributed by atoms with Crippen LogP contribution in [0, 0.1) is 6.92 Å². The van der Waals surface area contributed by atoms with Crippen LogP contribution in [0.4, 0.5) is 16.2 Å². The molecule has 0 bridgehead atoms. The third-order valence-electron chi connectivity index (χ3n) is 11.0. The Balaban J connectivity index is 1.10. The second-order valence-electron chi connectivity index (χ2n) is 13.5. The van der Waals surface area contributed by atoms with Crippen LogP contribution in [-0.4, -0.2) is 89.6 Å². The van der Waals surface area contributed by atoms with E-state index in [4.69, 9.17) is 19.9 Å². The number of phenols is 1. The number of nitrogens with zero attached hydrogens (tertiary/aromatic N) is 3. The van der Waals surface area contributed by atoms with Gasteiger partial charge < -0.3 is 49.8 Å². The monoisotopic (exact) mass is 705 g/mol. The minimum absolute atomic E-state index is 0.0662. The highest BCUT2D eigenvalue weighted by atomic mass is 16.5. The Hall–Kier alpha value is -6.38. The lowest BCUT2D eigenvalue weighted by Gasteiger charge is -2.23. The quantitative estimate of drug-likeness (QED) is 0.178. The average Bonchev–Trinajstić information content (AvgIpc) is 3.97. The van der Waals surface area contributed by atoms with Crippen molar-refractivity contribution in [3.63, 3.8) is 0 Å². The summed E-state index contributed by atoms with van der Waals surface area (Å²) < 4.78 is 17.1. The normalized spacial score (nSPS) is 17.4. The van der Waals surface area contributed by atoms with Gasteiger partial charge in [0, 0.05) is 54.3 Å². The summed E-state index contributed by atoms with van der Waals surface area (Å²) in [6, 6.07) is 2.82. The Labute approximate surface area is 295 Å². The number of carbonyl (C=O) groups is 4. The van der Waals surface area contributed by atoms with E-state index in [-0.39, 0.29) is 52.7 Å². The molecule has 2 aromatic carbocycles. The van der Waals surface area contributed by atoms with Crippen LogP contribution < -0.4 is 29.7 Å². The number of urea groups is 1. The zero-order valence-electron chi connectivity index (χ0n) is 28.9. The van der Waals surface area contributed by atoms with Crippen LogP contribution in [0.2, 0.25) is 0 Å². The van der Waals surface area contributed by atoms with Crippen molar-refractivity contribution in [3.05, 3.63) is 69.4 Å². The smallest absolute Gasteiger partial charge is 0.319 e. The van der Waals surface area contributed by atoms with Gasteiger partial charge in [-0.05, 0) is 60.6 Å². The molecule has 15 nitrogen and oxygen atoms in total. The van der Waals surface area contributed by atoms with Gasteiger partial charge in [-0.1, -0.05) is 0 Å². The molecule has 52 heavy (non-hydrogen) atoms. The third-order valence-corrected chi connectivity index (χ3v) is 11.0. The first-order chi connectivity index (χ1) is 25.1. The molecule has 0 saturated carbocycles. The molecule has 15 heteroatoms. The number of amides is 4. The maximum atomic E-state index is 14.3. The number of rotatable bonds is 5. The number of aromatic nitrogens is 3. The fourth-order valence-electron chi connectivity index (χ4n) is 8.81. The number of nitrogens with one attached hydrogen (secondary N) is 3. The molecule has 1 aliphatic carbocycles. The first-order valence-corrected chi connectivity index (χ1v) is 17.0. The van der Waals surface area contributed by atoms with E-state index in [1.165, 1.54) is 31.1 Å². The molecule has 1 unspecified atom stereocenters. The maximum absolute atomic E-state index is 14.3. The van der Waals surface area contributed by atoms with Gasteiger partial charge in [0.25, 0.3) is 11.8 Å². The number of allylic oxidation sites excluding steroid dienone is 2. The molecule has 3 aliphatic heterocycles. The van der Waals surface area contributed by atoms with Gasteiger partial charge in [-0.25, -0.2) is 4.79 Å². The number of ketones is 1. The number of H-pyrrole nitrogens is 3. The van der Waals surface area contributed by atoms with Crippen LogP contribution in [0.3, 0.4) is 0 Å². The molecule has 9 rings (SSSR count). The van der Waals surface area contributed by atoms with E-state index in [9.17, 15) is 24.3 Å². The molecule has 3 aromatic heterocycles. The number of phenolic OH excluding ortho intramolecular Hbond substituents is 1. The molecule has 6 heterocycles. The SMILES string of the molecule is COc1c2c(c3cc(C(=O)N4CCc5c4c(O)c(OC)c4[nH]c(C(=O)N6CCC7C6=CC(=O)c6[nH]cc(C)c67)cc54)[nH]c3c1OC)CCN2C(N)=O. The number of likely N-dealkylation sites (tertiary alicyclic amines) is 1. The van der Waals surface area contributed by atoms with Crippen molar-refractivity contribution in [2.75, 3.05) is 50.8 Å². The standard InChI is InChI=1S/C37H35N7O8/c1-15-14-39-28-24(45)13-23-18(25(15)28)7-8-42(23)35(47)21-11-19-16-5-9-43(29(16)31(46)32(50-2)26(19)40-21)36(48)22-12-20-17-6-10-44(37(38)49)30(17)34(52-4)33(51-3)27(20)41-22/h11-14,18,39-41,46H,5-10H2,1-4H3,(H2,38,49). The number of hydrogen-bond acceptors (Lipinski definition) is 8. The molecule has 1 saturated heterocycles. The zero-order valence-corrected chi connectivity index (χ0v) is 28.9. The van der Waals surface area contributed by atoms with Crippen molar-refractivity contribution in [1.29, 1.82) is 0 Å². The van der Waals surface area contributed by atoms with Crippen LogP contribution in [0.5, 0.6) is 23.0 Å². The summed E-state index contributed by atoms with van der Waals surface area (Å²) in [6.07, 6.45) is 4.96. The summed E-state index contributed by atoms with van der Waals surface area (Å²) in [4.78, 5) is 67.7. The van der Waals surface area contributed by atoms with E-state index in [0.717, 1.165) is 16.7 Å². The van der Waals surface area contributed by atoms with Gasteiger partial charge in [0.2, 0.25) is 5.78 Å². The molecule has 0 radical (unpaired) electrons. The van der Waals surface area contributed by atoms with Crippen molar-refractivity contribution >= 4 is 56.8 Å². The van der Waals surface area contributed by atoms with Crippen molar-refractivity contribution in [1.82, 2.24) is 19.9 Å². The van der Waals surface area contributed by atoms with Gasteiger partial charge in [0.1, 0.15) is 11.4 Å². The Morgan fingerprint density at radius 3 is 2.06 bits per heavy atom. The van der Waals surface area contributed by atoms with Crippen LogP contribution in [0.1, 0.15) is 66.1 Å². The summed E-state index contributed by atoms with van der Waals surface area (Å²) >= 11 is 0. The average molecular weight is 706 g/mol. The van der Waals surface area contributed by atoms with Gasteiger partial charge in [-0.15, -0.1) is 0 Å². The molecule has 6 N–H and O–H groups in total. The van der Waals surface area contributed by atoms with Crippen LogP contribution in [0.25, 0.3) is 21.8 Å². The van der Waals surface area contributed by atoms with E-state index < -0.39 is 11.9 Å². The van der Waals surface area contributed by atoms with E-state index in [2.05, 4.69) is 15.0 Å². The Kier molecular flexibility index (Phi) is 6.72. The maximum Gasteiger partial charge on any atom is 0.319 e. The van der Waals surface area contributed by atoms with Crippen molar-refractivity contribution in [2.24, 2.45) is 5.73 Å². The highest BCUT2D eigenvalue weighted by Gasteiger charge is 2.41. The Morgan fingerprint density at radius 1 is 0.827 bits per heavy atom. The Bertz CT molecular complexity index is 2490. The van der Waals surface area contributed by atoms with Gasteiger partial charge in [-0.3, -0.25) is 19.3 Å². The van der Waals surface area contributed by atoms with E-state index >= 15 is 0 Å². The van der Waals surface area contributed by atoms with E-state index in [1.54, 1.807) is 23.1 Å². The number of carbonyl (C=O) groups excluding carboxylic acids is 4. The molecule has 266 valence electrons. The fourth-order valence-corrected chi connectivity index (χ4v) is 8.81. The summed E-state index contributed by atoms with van der Waals surface area (Å²) in [5.74, 6) is -0.428. The summed E-state index contributed by atoms with van der Waals surface area (Å²) in [5.41, 5.74) is 12.6. The summed E-state index contributed by atoms with van der Waals surface area (Å²) in [5, 5.41) is 13.0. The van der Waals surface area contributed by atoms with E-state index in [0.29, 0.717) is 88.3 Å². The van der Waals surface area contributed by atoms with Gasteiger partial charge in [0.05, 0.1) is 49.4 Å². The highest BCUT2D eigenvalue weighted by molar-refractivity contribution is 6.15. The van der Waals surface area contributed by atoms with Gasteiger partial charge >= 0.3 is 6.03 Å². The number of ether oxygens (including phenoxy) is 3. The first kappa shape index (κ1) is 31.6. The third kappa shape index (κ3) is 4.06. The number of aromatic hydroxyl groups is 1. The molecule has 0 spiro atoms. The number of hydrogen-bond donors (Lipinski definition) is 5. The molecular formula is C37H35N7O8. The summed E-state index contributed by atoms with van der Waals surface area (Å²) in [6.45, 7) is 3.00. The minimum atomic E-state index is -0.625. The summed E-state index contributed by atoms with van der Waals surface area (Å²) in [7, 11) is 4.37. The second kappa shape index (κ2) is 11.1. The van der Waals surface area contributed by atoms with Crippen molar-refractivity contribution in [3.8, 4) is 23.0 Å². The predicted molar refractivity (Wildman–Crippen MR) is 190 cm³/mol. The highest BCUT2D eigenvalue weighted by Crippen LogP contribution is 2.52. The van der Waals surface area contributed by atoms with E-state index in [1.807, 2.05) is 13.1 Å².